The monoisotopic (exact) mass is 291 g/mol. The predicted octanol–water partition coefficient (Wildman–Crippen LogP) is 3.15. The van der Waals surface area contributed by atoms with Crippen molar-refractivity contribution in [2.75, 3.05) is 6.61 Å². The number of halogens is 1. The van der Waals surface area contributed by atoms with E-state index >= 15 is 0 Å². The normalized spacial score (nSPS) is 12.0. The van der Waals surface area contributed by atoms with E-state index in [9.17, 15) is 19.6 Å². The minimum atomic E-state index is -0.940. The smallest absolute Gasteiger partial charge is 0.276 e. The predicted molar refractivity (Wildman–Crippen MR) is 74.7 cm³/mol. The molecule has 2 aromatic carbocycles. The van der Waals surface area contributed by atoms with Crippen molar-refractivity contribution in [1.29, 1.82) is 0 Å². The lowest BCUT2D eigenvalue weighted by atomic mass is 10.1. The molecular formula is C15H14FNO4. The van der Waals surface area contributed by atoms with E-state index in [0.717, 1.165) is 0 Å². The van der Waals surface area contributed by atoms with E-state index in [0.29, 0.717) is 16.9 Å². The molecule has 21 heavy (non-hydrogen) atoms. The van der Waals surface area contributed by atoms with Gasteiger partial charge in [0.2, 0.25) is 0 Å². The highest BCUT2D eigenvalue weighted by molar-refractivity contribution is 5.48. The topological polar surface area (TPSA) is 72.6 Å². The summed E-state index contributed by atoms with van der Waals surface area (Å²) in [7, 11) is 0. The van der Waals surface area contributed by atoms with E-state index in [1.54, 1.807) is 13.0 Å². The van der Waals surface area contributed by atoms with Crippen LogP contribution in [0.5, 0.6) is 5.75 Å². The second-order valence-electron chi connectivity index (χ2n) is 4.54. The number of hydrogen-bond donors (Lipinski definition) is 1. The van der Waals surface area contributed by atoms with E-state index < -0.39 is 11.0 Å². The Labute approximate surface area is 120 Å². The van der Waals surface area contributed by atoms with E-state index in [1.165, 1.54) is 36.4 Å². The van der Waals surface area contributed by atoms with Gasteiger partial charge in [0.1, 0.15) is 24.3 Å². The molecule has 0 heterocycles. The number of aliphatic hydroxyl groups excluding tert-OH is 1. The van der Waals surface area contributed by atoms with Gasteiger partial charge in [0.15, 0.2) is 0 Å². The fourth-order valence-electron chi connectivity index (χ4n) is 1.91. The third kappa shape index (κ3) is 3.55. The molecule has 0 aliphatic heterocycles. The number of ether oxygens (including phenoxy) is 1. The van der Waals surface area contributed by atoms with Crippen LogP contribution in [0.3, 0.4) is 0 Å². The van der Waals surface area contributed by atoms with Crippen LogP contribution in [0.1, 0.15) is 17.2 Å². The van der Waals surface area contributed by atoms with Gasteiger partial charge in [0.05, 0.1) is 10.5 Å². The SMILES string of the molecule is Cc1c(OCC(O)c2ccc(F)cc2)cccc1[N+](=O)[O-]. The lowest BCUT2D eigenvalue weighted by Gasteiger charge is -2.14. The molecule has 0 radical (unpaired) electrons. The molecule has 6 heteroatoms. The lowest BCUT2D eigenvalue weighted by Crippen LogP contribution is -2.10. The maximum Gasteiger partial charge on any atom is 0.276 e. The highest BCUT2D eigenvalue weighted by Gasteiger charge is 2.15. The molecular weight excluding hydrogens is 277 g/mol. The van der Waals surface area contributed by atoms with Crippen molar-refractivity contribution in [3.63, 3.8) is 0 Å². The van der Waals surface area contributed by atoms with Gasteiger partial charge >= 0.3 is 0 Å². The molecule has 0 saturated heterocycles. The van der Waals surface area contributed by atoms with Crippen molar-refractivity contribution in [1.82, 2.24) is 0 Å². The quantitative estimate of drug-likeness (QED) is 0.678. The number of hydrogen-bond acceptors (Lipinski definition) is 4. The molecule has 1 N–H and O–H groups in total. The van der Waals surface area contributed by atoms with Gasteiger partial charge in [-0.1, -0.05) is 18.2 Å². The summed E-state index contributed by atoms with van der Waals surface area (Å²) in [5, 5.41) is 20.8. The summed E-state index contributed by atoms with van der Waals surface area (Å²) < 4.78 is 18.2. The Hall–Kier alpha value is -2.47. The number of nitro benzene ring substituents is 1. The first-order valence-electron chi connectivity index (χ1n) is 6.29. The van der Waals surface area contributed by atoms with Crippen LogP contribution in [0.4, 0.5) is 10.1 Å². The maximum absolute atomic E-state index is 12.8. The summed E-state index contributed by atoms with van der Waals surface area (Å²) in [6.07, 6.45) is -0.940. The van der Waals surface area contributed by atoms with Crippen molar-refractivity contribution < 1.29 is 19.2 Å². The minimum absolute atomic E-state index is 0.0382. The zero-order valence-electron chi connectivity index (χ0n) is 11.3. The van der Waals surface area contributed by atoms with Crippen LogP contribution >= 0.6 is 0 Å². The third-order valence-corrected chi connectivity index (χ3v) is 3.10. The van der Waals surface area contributed by atoms with Crippen LogP contribution in [0.2, 0.25) is 0 Å². The summed E-state index contributed by atoms with van der Waals surface area (Å²) >= 11 is 0. The fourth-order valence-corrected chi connectivity index (χ4v) is 1.91. The Morgan fingerprint density at radius 1 is 1.29 bits per heavy atom. The summed E-state index contributed by atoms with van der Waals surface area (Å²) in [4.78, 5) is 10.3. The van der Waals surface area contributed by atoms with Gasteiger partial charge in [0, 0.05) is 6.07 Å². The second kappa shape index (κ2) is 6.32. The van der Waals surface area contributed by atoms with E-state index in [2.05, 4.69) is 0 Å². The van der Waals surface area contributed by atoms with Crippen LogP contribution in [0.25, 0.3) is 0 Å². The summed E-state index contributed by atoms with van der Waals surface area (Å²) in [6, 6.07) is 9.92. The number of benzene rings is 2. The summed E-state index contributed by atoms with van der Waals surface area (Å²) in [5.74, 6) is -0.0493. The largest absolute Gasteiger partial charge is 0.490 e. The van der Waals surface area contributed by atoms with E-state index in [-0.39, 0.29) is 18.1 Å². The molecule has 0 aliphatic carbocycles. The minimum Gasteiger partial charge on any atom is -0.490 e. The number of nitro groups is 1. The standard InChI is InChI=1S/C15H14FNO4/c1-10-13(17(19)20)3-2-4-15(10)21-9-14(18)11-5-7-12(16)8-6-11/h2-8,14,18H,9H2,1H3. The number of aliphatic hydroxyl groups is 1. The molecule has 0 fully saturated rings. The van der Waals surface area contributed by atoms with Crippen molar-refractivity contribution in [3.8, 4) is 5.75 Å². The molecule has 5 nitrogen and oxygen atoms in total. The first-order chi connectivity index (χ1) is 9.99. The molecule has 0 aliphatic rings. The Bertz CT molecular complexity index is 643. The molecule has 1 unspecified atom stereocenters. The summed E-state index contributed by atoms with van der Waals surface area (Å²) in [6.45, 7) is 1.51. The maximum atomic E-state index is 12.8. The van der Waals surface area contributed by atoms with Gasteiger partial charge < -0.3 is 9.84 Å². The molecule has 110 valence electrons. The van der Waals surface area contributed by atoms with Gasteiger partial charge in [-0.25, -0.2) is 4.39 Å². The van der Waals surface area contributed by atoms with Gasteiger partial charge in [-0.2, -0.15) is 0 Å². The average molecular weight is 291 g/mol. The zero-order valence-corrected chi connectivity index (χ0v) is 11.3. The van der Waals surface area contributed by atoms with Crippen LogP contribution in [0.15, 0.2) is 42.5 Å². The molecule has 0 amide bonds. The third-order valence-electron chi connectivity index (χ3n) is 3.10. The average Bonchev–Trinajstić information content (AvgIpc) is 2.46. The number of nitrogens with zero attached hydrogens (tertiary/aromatic N) is 1. The molecule has 0 aromatic heterocycles. The molecule has 2 aromatic rings. The first-order valence-corrected chi connectivity index (χ1v) is 6.29. The second-order valence-corrected chi connectivity index (χ2v) is 4.54. The van der Waals surface area contributed by atoms with E-state index in [1.807, 2.05) is 0 Å². The Kier molecular flexibility index (Phi) is 4.49. The van der Waals surface area contributed by atoms with Gasteiger partial charge in [0.25, 0.3) is 5.69 Å². The zero-order chi connectivity index (χ0) is 15.4. The van der Waals surface area contributed by atoms with Crippen molar-refractivity contribution in [2.24, 2.45) is 0 Å². The van der Waals surface area contributed by atoms with Gasteiger partial charge in [-0.05, 0) is 30.7 Å². The fraction of sp³-hybridized carbons (Fsp3) is 0.200. The van der Waals surface area contributed by atoms with Crippen LogP contribution in [-0.4, -0.2) is 16.6 Å². The molecule has 2 rings (SSSR count). The summed E-state index contributed by atoms with van der Waals surface area (Å²) in [5.41, 5.74) is 0.872. The van der Waals surface area contributed by atoms with Gasteiger partial charge in [-0.15, -0.1) is 0 Å². The molecule has 0 saturated carbocycles. The lowest BCUT2D eigenvalue weighted by molar-refractivity contribution is -0.385. The Balaban J connectivity index is 2.08. The highest BCUT2D eigenvalue weighted by Crippen LogP contribution is 2.27. The van der Waals surface area contributed by atoms with Crippen LogP contribution in [-0.2, 0) is 0 Å². The molecule has 0 spiro atoms. The number of rotatable bonds is 5. The molecule has 0 bridgehead atoms. The van der Waals surface area contributed by atoms with Crippen molar-refractivity contribution in [3.05, 3.63) is 69.5 Å². The van der Waals surface area contributed by atoms with Crippen molar-refractivity contribution >= 4 is 5.69 Å². The van der Waals surface area contributed by atoms with Crippen LogP contribution in [0, 0.1) is 22.9 Å². The first kappa shape index (κ1) is 14.9. The van der Waals surface area contributed by atoms with E-state index in [4.69, 9.17) is 4.74 Å². The van der Waals surface area contributed by atoms with Gasteiger partial charge in [-0.3, -0.25) is 10.1 Å². The van der Waals surface area contributed by atoms with Crippen LogP contribution < -0.4 is 4.74 Å². The van der Waals surface area contributed by atoms with Crippen molar-refractivity contribution in [2.45, 2.75) is 13.0 Å². The highest BCUT2D eigenvalue weighted by atomic mass is 19.1. The Morgan fingerprint density at radius 2 is 1.95 bits per heavy atom. The molecule has 1 atom stereocenters. The Morgan fingerprint density at radius 3 is 2.57 bits per heavy atom.